The van der Waals surface area contributed by atoms with Crippen molar-refractivity contribution in [1.82, 2.24) is 19.9 Å². The van der Waals surface area contributed by atoms with Gasteiger partial charge in [0.1, 0.15) is 24.1 Å². The Labute approximate surface area is 185 Å². The lowest BCUT2D eigenvalue weighted by Crippen LogP contribution is -2.42. The summed E-state index contributed by atoms with van der Waals surface area (Å²) in [6.07, 6.45) is 0.875. The van der Waals surface area contributed by atoms with Crippen LogP contribution in [0.4, 0.5) is 14.6 Å². The monoisotopic (exact) mass is 440 g/mol. The van der Waals surface area contributed by atoms with Gasteiger partial charge in [0.2, 0.25) is 5.82 Å². The van der Waals surface area contributed by atoms with E-state index >= 15 is 0 Å². The number of alkyl halides is 2. The summed E-state index contributed by atoms with van der Waals surface area (Å²) in [5.41, 5.74) is 2.59. The second-order valence-electron chi connectivity index (χ2n) is 8.47. The number of likely N-dealkylation sites (N-methyl/N-ethyl adjacent to an activating group) is 1. The molecule has 32 heavy (non-hydrogen) atoms. The minimum atomic E-state index is -3.38. The summed E-state index contributed by atoms with van der Waals surface area (Å²) >= 11 is 0. The van der Waals surface area contributed by atoms with E-state index in [0.29, 0.717) is 24.5 Å². The lowest BCUT2D eigenvalue weighted by Gasteiger charge is -2.27. The predicted molar refractivity (Wildman–Crippen MR) is 118 cm³/mol. The van der Waals surface area contributed by atoms with E-state index in [2.05, 4.69) is 38.0 Å². The van der Waals surface area contributed by atoms with Gasteiger partial charge in [0.15, 0.2) is 5.65 Å². The third-order valence-electron chi connectivity index (χ3n) is 6.21. The fourth-order valence-electron chi connectivity index (χ4n) is 4.31. The minimum Gasteiger partial charge on any atom is -0.378 e. The molecule has 2 aromatic heterocycles. The second kappa shape index (κ2) is 8.11. The topological polar surface area (TPSA) is 78.5 Å². The summed E-state index contributed by atoms with van der Waals surface area (Å²) < 4.78 is 35.4. The van der Waals surface area contributed by atoms with E-state index in [1.807, 2.05) is 44.3 Å². The fraction of sp³-hybridized carbons (Fsp3) is 0.435. The normalized spacial score (nSPS) is 19.0. The first kappa shape index (κ1) is 22.1. The number of ether oxygens (including phenoxy) is 1. The summed E-state index contributed by atoms with van der Waals surface area (Å²) in [6, 6.07) is 11.8. The van der Waals surface area contributed by atoms with Crippen LogP contribution in [0.5, 0.6) is 0 Å². The van der Waals surface area contributed by atoms with Crippen molar-refractivity contribution in [2.45, 2.75) is 31.7 Å². The number of nitrogens with one attached hydrogen (secondary N) is 1. The van der Waals surface area contributed by atoms with Crippen molar-refractivity contribution in [3.63, 3.8) is 0 Å². The van der Waals surface area contributed by atoms with Gasteiger partial charge in [-0.2, -0.15) is 18.6 Å². The van der Waals surface area contributed by atoms with Gasteiger partial charge in [-0.1, -0.05) is 30.3 Å². The molecular formula is C23H26F2N6O. The molecule has 0 aliphatic carbocycles. The van der Waals surface area contributed by atoms with E-state index in [1.54, 1.807) is 0 Å². The number of hydrogen-bond acceptors (Lipinski definition) is 6. The van der Waals surface area contributed by atoms with Crippen LogP contribution in [0.3, 0.4) is 0 Å². The second-order valence-corrected chi connectivity index (χ2v) is 8.47. The number of halogens is 2. The van der Waals surface area contributed by atoms with Crippen LogP contribution in [0.2, 0.25) is 0 Å². The standard InChI is InChI=1S/C23H26F2N6O/c1-15-17(12-26)19-28-21(23(24,25)14-32-4)29-31(19)20(18(15)16-8-6-5-7-9-16)30-11-10-22(2,13-30)27-3/h5-9,27H,10-11,13-14H2,1-4H3/t22-/m0/s1. The van der Waals surface area contributed by atoms with Crippen molar-refractivity contribution >= 4 is 11.5 Å². The lowest BCUT2D eigenvalue weighted by atomic mass is 9.97. The number of hydrogen-bond donors (Lipinski definition) is 1. The number of nitriles is 1. The zero-order valence-electron chi connectivity index (χ0n) is 18.6. The molecule has 0 amide bonds. The maximum absolute atomic E-state index is 14.7. The molecule has 1 aliphatic heterocycles. The fourth-order valence-corrected chi connectivity index (χ4v) is 4.31. The summed E-state index contributed by atoms with van der Waals surface area (Å²) in [7, 11) is 3.12. The molecule has 1 atom stereocenters. The SMILES string of the molecule is CN[C@@]1(C)CCN(c2c(-c3ccccc3)c(C)c(C#N)c3nc(C(F)(F)COC)nn23)C1. The number of fused-ring (bicyclic) bond motifs is 1. The van der Waals surface area contributed by atoms with Crippen LogP contribution < -0.4 is 10.2 Å². The van der Waals surface area contributed by atoms with Gasteiger partial charge < -0.3 is 15.0 Å². The maximum atomic E-state index is 14.7. The molecule has 168 valence electrons. The van der Waals surface area contributed by atoms with E-state index in [4.69, 9.17) is 0 Å². The van der Waals surface area contributed by atoms with Crippen molar-refractivity contribution in [2.75, 3.05) is 38.8 Å². The summed E-state index contributed by atoms with van der Waals surface area (Å²) in [6.45, 7) is 4.49. The Kier molecular flexibility index (Phi) is 5.61. The van der Waals surface area contributed by atoms with Gasteiger partial charge in [-0.05, 0) is 38.4 Å². The first-order valence-corrected chi connectivity index (χ1v) is 10.4. The van der Waals surface area contributed by atoms with E-state index in [1.165, 1.54) is 11.6 Å². The first-order chi connectivity index (χ1) is 15.2. The molecule has 1 saturated heterocycles. The van der Waals surface area contributed by atoms with Gasteiger partial charge in [-0.3, -0.25) is 0 Å². The third kappa shape index (κ3) is 3.59. The summed E-state index contributed by atoms with van der Waals surface area (Å²) in [4.78, 5) is 6.25. The Balaban J connectivity index is 2.05. The Morgan fingerprint density at radius 2 is 2.03 bits per heavy atom. The largest absolute Gasteiger partial charge is 0.378 e. The number of methoxy groups -OCH3 is 1. The molecule has 1 N–H and O–H groups in total. The molecule has 1 fully saturated rings. The number of pyridine rings is 1. The van der Waals surface area contributed by atoms with Gasteiger partial charge in [0.25, 0.3) is 0 Å². The number of anilines is 1. The summed E-state index contributed by atoms with van der Waals surface area (Å²) in [5, 5.41) is 17.5. The highest BCUT2D eigenvalue weighted by Crippen LogP contribution is 2.40. The molecule has 0 saturated carbocycles. The molecule has 3 heterocycles. The van der Waals surface area contributed by atoms with Crippen LogP contribution in [0.1, 0.15) is 30.3 Å². The Bertz CT molecular complexity index is 1190. The highest BCUT2D eigenvalue weighted by molar-refractivity contribution is 5.85. The van der Waals surface area contributed by atoms with Crippen molar-refractivity contribution in [3.05, 3.63) is 47.3 Å². The molecule has 7 nitrogen and oxygen atoms in total. The van der Waals surface area contributed by atoms with Crippen LogP contribution in [-0.4, -0.2) is 54.0 Å². The Morgan fingerprint density at radius 1 is 1.31 bits per heavy atom. The van der Waals surface area contributed by atoms with E-state index < -0.39 is 18.4 Å². The van der Waals surface area contributed by atoms with Gasteiger partial charge >= 0.3 is 5.92 Å². The number of rotatable bonds is 6. The number of nitrogens with zero attached hydrogens (tertiary/aromatic N) is 5. The van der Waals surface area contributed by atoms with Crippen LogP contribution in [-0.2, 0) is 10.7 Å². The molecule has 0 unspecified atom stereocenters. The molecule has 0 bridgehead atoms. The third-order valence-corrected chi connectivity index (χ3v) is 6.21. The maximum Gasteiger partial charge on any atom is 0.331 e. The molecule has 0 radical (unpaired) electrons. The van der Waals surface area contributed by atoms with Crippen molar-refractivity contribution < 1.29 is 13.5 Å². The molecule has 1 aromatic carbocycles. The van der Waals surface area contributed by atoms with Crippen LogP contribution in [0, 0.1) is 18.3 Å². The lowest BCUT2D eigenvalue weighted by molar-refractivity contribution is -0.0764. The molecule has 4 rings (SSSR count). The molecule has 1 aliphatic rings. The summed E-state index contributed by atoms with van der Waals surface area (Å²) in [5.74, 6) is -3.37. The van der Waals surface area contributed by atoms with Crippen molar-refractivity contribution in [2.24, 2.45) is 0 Å². The predicted octanol–water partition coefficient (Wildman–Crippen LogP) is 3.50. The van der Waals surface area contributed by atoms with E-state index in [9.17, 15) is 14.0 Å². The molecule has 3 aromatic rings. The first-order valence-electron chi connectivity index (χ1n) is 10.4. The van der Waals surface area contributed by atoms with Crippen LogP contribution >= 0.6 is 0 Å². The van der Waals surface area contributed by atoms with Crippen molar-refractivity contribution in [1.29, 1.82) is 5.26 Å². The van der Waals surface area contributed by atoms with E-state index in [0.717, 1.165) is 17.5 Å². The number of benzene rings is 1. The van der Waals surface area contributed by atoms with E-state index in [-0.39, 0.29) is 16.7 Å². The highest BCUT2D eigenvalue weighted by atomic mass is 19.3. The highest BCUT2D eigenvalue weighted by Gasteiger charge is 2.40. The molecular weight excluding hydrogens is 414 g/mol. The van der Waals surface area contributed by atoms with Crippen molar-refractivity contribution in [3.8, 4) is 17.2 Å². The minimum absolute atomic E-state index is 0.128. The average Bonchev–Trinajstić information content (AvgIpc) is 3.39. The Morgan fingerprint density at radius 3 is 2.62 bits per heavy atom. The molecule has 9 heteroatoms. The smallest absolute Gasteiger partial charge is 0.331 e. The Hall–Kier alpha value is -3.09. The van der Waals surface area contributed by atoms with Crippen LogP contribution in [0.15, 0.2) is 30.3 Å². The van der Waals surface area contributed by atoms with Gasteiger partial charge in [-0.15, -0.1) is 5.10 Å². The van der Waals surface area contributed by atoms with Gasteiger partial charge in [0.05, 0.1) is 0 Å². The molecule has 0 spiro atoms. The van der Waals surface area contributed by atoms with Gasteiger partial charge in [-0.25, -0.2) is 4.98 Å². The van der Waals surface area contributed by atoms with Gasteiger partial charge in [0, 0.05) is 31.3 Å². The quantitative estimate of drug-likeness (QED) is 0.632. The zero-order chi connectivity index (χ0) is 23.1. The zero-order valence-corrected chi connectivity index (χ0v) is 18.6. The van der Waals surface area contributed by atoms with Crippen LogP contribution in [0.25, 0.3) is 16.8 Å². The number of aromatic nitrogens is 3. The average molecular weight is 440 g/mol.